The van der Waals surface area contributed by atoms with Crippen LogP contribution in [0.25, 0.3) is 5.70 Å². The van der Waals surface area contributed by atoms with Crippen LogP contribution in [0.4, 0.5) is 5.69 Å². The van der Waals surface area contributed by atoms with Crippen molar-refractivity contribution in [1.82, 2.24) is 4.57 Å². The summed E-state index contributed by atoms with van der Waals surface area (Å²) >= 11 is 3.47. The second kappa shape index (κ2) is 11.7. The number of Topliss-reactive ketones (excluding diaryl/α,β-unsaturated/α-hetero) is 2. The molecule has 3 aromatic carbocycles. The SMILES string of the molecule is CCOC(=O)C1=C(C(=O)c2ccccc2)n2cccc2[C@@H](Nc2ccc(Br)cc2)[C@H](C(=O)c2ccccc2)C1. The zero-order valence-electron chi connectivity index (χ0n) is 21.3. The Bertz CT molecular complexity index is 1530. The minimum atomic E-state index is -0.704. The largest absolute Gasteiger partial charge is 0.463 e. The standard InChI is InChI=1S/C32H27BrN2O4/c1-2-39-32(38)26-20-25(30(36)21-10-5-3-6-11-21)28(34-24-17-15-23(33)16-18-24)27-14-9-19-35(27)29(26)31(37)22-12-7-4-8-13-22/h3-19,25,28,34H,2,20H2,1H3/t25-,28+/m1/s1. The van der Waals surface area contributed by atoms with E-state index in [2.05, 4.69) is 21.2 Å². The zero-order chi connectivity index (χ0) is 27.4. The average Bonchev–Trinajstić information content (AvgIpc) is 3.40. The van der Waals surface area contributed by atoms with Crippen molar-refractivity contribution >= 4 is 44.9 Å². The highest BCUT2D eigenvalue weighted by Gasteiger charge is 2.40. The van der Waals surface area contributed by atoms with Crippen LogP contribution in [0, 0.1) is 5.92 Å². The summed E-state index contributed by atoms with van der Waals surface area (Å²) in [6.07, 6.45) is 1.78. The van der Waals surface area contributed by atoms with Crippen LogP contribution in [0.15, 0.2) is 113 Å². The fourth-order valence-corrected chi connectivity index (χ4v) is 5.23. The third kappa shape index (κ3) is 5.49. The van der Waals surface area contributed by atoms with Crippen LogP contribution in [0.5, 0.6) is 0 Å². The molecule has 2 atom stereocenters. The van der Waals surface area contributed by atoms with Crippen LogP contribution in [0.1, 0.15) is 45.8 Å². The number of carbonyl (C=O) groups excluding carboxylic acids is 3. The predicted octanol–water partition coefficient (Wildman–Crippen LogP) is 6.96. The van der Waals surface area contributed by atoms with Crippen LogP contribution in [0.2, 0.25) is 0 Å². The summed E-state index contributed by atoms with van der Waals surface area (Å²) in [6, 6.07) is 28.7. The first-order chi connectivity index (χ1) is 19.0. The van der Waals surface area contributed by atoms with Gasteiger partial charge in [0.2, 0.25) is 5.78 Å². The number of rotatable bonds is 8. The van der Waals surface area contributed by atoms with Crippen molar-refractivity contribution in [3.63, 3.8) is 0 Å². The van der Waals surface area contributed by atoms with Crippen molar-refractivity contribution < 1.29 is 19.1 Å². The Balaban J connectivity index is 1.71. The van der Waals surface area contributed by atoms with Gasteiger partial charge in [-0.05, 0) is 49.7 Å². The third-order valence-electron chi connectivity index (χ3n) is 6.79. The normalized spacial score (nSPS) is 16.7. The third-order valence-corrected chi connectivity index (χ3v) is 7.32. The molecule has 0 bridgehead atoms. The first-order valence-corrected chi connectivity index (χ1v) is 13.6. The molecule has 1 aromatic heterocycles. The molecule has 39 heavy (non-hydrogen) atoms. The fourth-order valence-electron chi connectivity index (χ4n) is 4.97. The molecule has 2 heterocycles. The summed E-state index contributed by atoms with van der Waals surface area (Å²) < 4.78 is 8.11. The number of allylic oxidation sites excluding steroid dienone is 1. The number of hydrogen-bond acceptors (Lipinski definition) is 5. The summed E-state index contributed by atoms with van der Waals surface area (Å²) in [5.41, 5.74) is 2.86. The molecule has 0 amide bonds. The van der Waals surface area contributed by atoms with E-state index in [0.717, 1.165) is 10.2 Å². The Kier molecular flexibility index (Phi) is 7.89. The van der Waals surface area contributed by atoms with Gasteiger partial charge in [-0.2, -0.15) is 0 Å². The van der Waals surface area contributed by atoms with Crippen LogP contribution in [-0.4, -0.2) is 28.7 Å². The highest BCUT2D eigenvalue weighted by molar-refractivity contribution is 9.10. The number of nitrogens with one attached hydrogen (secondary N) is 1. The Morgan fingerprint density at radius 3 is 2.15 bits per heavy atom. The van der Waals surface area contributed by atoms with Gasteiger partial charge < -0.3 is 14.6 Å². The average molecular weight is 583 g/mol. The number of halogens is 1. The number of anilines is 1. The molecule has 1 aliphatic rings. The summed E-state index contributed by atoms with van der Waals surface area (Å²) in [5, 5.41) is 3.53. The number of benzene rings is 3. The van der Waals surface area contributed by atoms with E-state index in [1.807, 2.05) is 60.7 Å². The lowest BCUT2D eigenvalue weighted by molar-refractivity contribution is -0.138. The van der Waals surface area contributed by atoms with E-state index < -0.39 is 17.9 Å². The van der Waals surface area contributed by atoms with Gasteiger partial charge in [0, 0.05) is 33.2 Å². The number of ether oxygens (including phenoxy) is 1. The summed E-state index contributed by atoms with van der Waals surface area (Å²) in [5.74, 6) is -1.75. The number of nitrogens with zero attached hydrogens (tertiary/aromatic N) is 1. The summed E-state index contributed by atoms with van der Waals surface area (Å²) in [6.45, 7) is 1.87. The van der Waals surface area contributed by atoms with Gasteiger partial charge in [0.15, 0.2) is 5.78 Å². The highest BCUT2D eigenvalue weighted by Crippen LogP contribution is 2.40. The van der Waals surface area contributed by atoms with Crippen molar-refractivity contribution in [3.05, 3.63) is 130 Å². The highest BCUT2D eigenvalue weighted by atomic mass is 79.9. The van der Waals surface area contributed by atoms with Crippen LogP contribution >= 0.6 is 15.9 Å². The smallest absolute Gasteiger partial charge is 0.336 e. The number of hydrogen-bond donors (Lipinski definition) is 1. The monoisotopic (exact) mass is 582 g/mol. The molecule has 1 N–H and O–H groups in total. The molecule has 4 aromatic rings. The van der Waals surface area contributed by atoms with E-state index in [9.17, 15) is 14.4 Å². The van der Waals surface area contributed by atoms with Gasteiger partial charge >= 0.3 is 5.97 Å². The minimum absolute atomic E-state index is 0.0241. The van der Waals surface area contributed by atoms with Crippen molar-refractivity contribution in [1.29, 1.82) is 0 Å². The van der Waals surface area contributed by atoms with Gasteiger partial charge in [0.05, 0.1) is 24.1 Å². The molecule has 6 nitrogen and oxygen atoms in total. The minimum Gasteiger partial charge on any atom is -0.463 e. The topological polar surface area (TPSA) is 77.4 Å². The molecular formula is C32H27BrN2O4. The van der Waals surface area contributed by atoms with Gasteiger partial charge in [-0.3, -0.25) is 9.59 Å². The molecular weight excluding hydrogens is 556 g/mol. The molecule has 1 aliphatic heterocycles. The predicted molar refractivity (Wildman–Crippen MR) is 154 cm³/mol. The molecule has 0 fully saturated rings. The van der Waals surface area contributed by atoms with Crippen molar-refractivity contribution in [2.75, 3.05) is 11.9 Å². The molecule has 0 spiro atoms. The van der Waals surface area contributed by atoms with E-state index >= 15 is 0 Å². The first kappa shape index (κ1) is 26.4. The zero-order valence-corrected chi connectivity index (χ0v) is 22.9. The lowest BCUT2D eigenvalue weighted by atomic mass is 9.84. The Morgan fingerprint density at radius 2 is 1.51 bits per heavy atom. The fraction of sp³-hybridized carbons (Fsp3) is 0.156. The summed E-state index contributed by atoms with van der Waals surface area (Å²) in [7, 11) is 0. The van der Waals surface area contributed by atoms with Crippen LogP contribution in [0.3, 0.4) is 0 Å². The van der Waals surface area contributed by atoms with Crippen molar-refractivity contribution in [2.45, 2.75) is 19.4 Å². The molecule has 0 radical (unpaired) electrons. The quantitative estimate of drug-likeness (QED) is 0.179. The maximum absolute atomic E-state index is 14.1. The van der Waals surface area contributed by atoms with Crippen molar-refractivity contribution in [2.24, 2.45) is 5.92 Å². The van der Waals surface area contributed by atoms with E-state index in [1.165, 1.54) is 0 Å². The Morgan fingerprint density at radius 1 is 0.872 bits per heavy atom. The number of aromatic nitrogens is 1. The Labute approximate surface area is 235 Å². The van der Waals surface area contributed by atoms with E-state index in [-0.39, 0.29) is 35.9 Å². The molecule has 7 heteroatoms. The molecule has 5 rings (SSSR count). The van der Waals surface area contributed by atoms with Crippen LogP contribution in [-0.2, 0) is 9.53 Å². The van der Waals surface area contributed by atoms with Gasteiger partial charge in [-0.25, -0.2) is 4.79 Å². The molecule has 0 saturated heterocycles. The van der Waals surface area contributed by atoms with E-state index in [1.54, 1.807) is 54.1 Å². The molecule has 0 unspecified atom stereocenters. The second-order valence-electron chi connectivity index (χ2n) is 9.22. The molecule has 196 valence electrons. The maximum atomic E-state index is 14.1. The number of carbonyl (C=O) groups is 3. The lowest BCUT2D eigenvalue weighted by Gasteiger charge is -2.27. The Hall–Kier alpha value is -4.23. The summed E-state index contributed by atoms with van der Waals surface area (Å²) in [4.78, 5) is 41.5. The lowest BCUT2D eigenvalue weighted by Crippen LogP contribution is -2.29. The second-order valence-corrected chi connectivity index (χ2v) is 10.1. The number of ketones is 2. The van der Waals surface area contributed by atoms with E-state index in [0.29, 0.717) is 16.8 Å². The first-order valence-electron chi connectivity index (χ1n) is 12.8. The van der Waals surface area contributed by atoms with E-state index in [4.69, 9.17) is 4.74 Å². The van der Waals surface area contributed by atoms with Crippen LogP contribution < -0.4 is 5.32 Å². The molecule has 0 aliphatic carbocycles. The van der Waals surface area contributed by atoms with Crippen molar-refractivity contribution in [3.8, 4) is 0 Å². The molecule has 0 saturated carbocycles. The number of esters is 1. The maximum Gasteiger partial charge on any atom is 0.336 e. The van der Waals surface area contributed by atoms with Gasteiger partial charge in [-0.15, -0.1) is 0 Å². The van der Waals surface area contributed by atoms with Gasteiger partial charge in [-0.1, -0.05) is 76.6 Å². The number of fused-ring (bicyclic) bond motifs is 1. The van der Waals surface area contributed by atoms with Gasteiger partial charge in [0.1, 0.15) is 5.70 Å². The van der Waals surface area contributed by atoms with Gasteiger partial charge in [0.25, 0.3) is 0 Å².